The van der Waals surface area contributed by atoms with Crippen molar-refractivity contribution in [1.82, 2.24) is 0 Å². The summed E-state index contributed by atoms with van der Waals surface area (Å²) in [6.45, 7) is 0.113. The van der Waals surface area contributed by atoms with E-state index < -0.39 is 11.8 Å². The number of carboxylic acid groups (broad SMARTS) is 1. The van der Waals surface area contributed by atoms with Crippen molar-refractivity contribution in [3.05, 3.63) is 85.6 Å². The maximum atomic E-state index is 14.2. The number of nitrogens with one attached hydrogen (secondary N) is 1. The molecule has 3 aromatic carbocycles. The third-order valence-electron chi connectivity index (χ3n) is 4.48. The van der Waals surface area contributed by atoms with Crippen molar-refractivity contribution in [2.45, 2.75) is 13.2 Å². The van der Waals surface area contributed by atoms with E-state index >= 15 is 0 Å². The highest BCUT2D eigenvalue weighted by Crippen LogP contribution is 2.38. The summed E-state index contributed by atoms with van der Waals surface area (Å²) >= 11 is 15.8. The summed E-state index contributed by atoms with van der Waals surface area (Å²) in [5.41, 5.74) is 1.44. The van der Waals surface area contributed by atoms with Gasteiger partial charge in [-0.3, -0.25) is 0 Å². The van der Waals surface area contributed by atoms with E-state index in [4.69, 9.17) is 32.7 Å². The van der Waals surface area contributed by atoms with Gasteiger partial charge in [0.05, 0.1) is 28.4 Å². The molecular weight excluding hydrogens is 512 g/mol. The zero-order chi connectivity index (χ0) is 22.5. The molecule has 9 heteroatoms. The van der Waals surface area contributed by atoms with Crippen LogP contribution in [0.25, 0.3) is 0 Å². The molecule has 0 radical (unpaired) electrons. The van der Waals surface area contributed by atoms with Crippen molar-refractivity contribution < 1.29 is 23.8 Å². The Morgan fingerprint density at radius 3 is 2.58 bits per heavy atom. The predicted molar refractivity (Wildman–Crippen MR) is 122 cm³/mol. The first-order chi connectivity index (χ1) is 14.8. The molecule has 0 spiro atoms. The van der Waals surface area contributed by atoms with Crippen molar-refractivity contribution in [3.8, 4) is 11.5 Å². The molecule has 0 aromatic heterocycles. The van der Waals surface area contributed by atoms with Crippen LogP contribution in [0, 0.1) is 5.82 Å². The lowest BCUT2D eigenvalue weighted by molar-refractivity contribution is 0.0697. The maximum absolute atomic E-state index is 14.2. The molecule has 0 atom stereocenters. The number of aromatic carboxylic acids is 1. The molecule has 0 fully saturated rings. The first-order valence-electron chi connectivity index (χ1n) is 8.99. The Hall–Kier alpha value is -2.48. The minimum atomic E-state index is -1.06. The third kappa shape index (κ3) is 5.42. The molecule has 0 heterocycles. The number of hydrogen-bond donors (Lipinski definition) is 2. The van der Waals surface area contributed by atoms with Crippen LogP contribution < -0.4 is 14.8 Å². The monoisotopic (exact) mass is 527 g/mol. The fraction of sp³-hybridized carbons (Fsp3) is 0.136. The Bertz CT molecular complexity index is 1110. The van der Waals surface area contributed by atoms with Crippen LogP contribution >= 0.6 is 39.1 Å². The minimum absolute atomic E-state index is 0.0993. The van der Waals surface area contributed by atoms with Gasteiger partial charge in [-0.1, -0.05) is 45.2 Å². The first kappa shape index (κ1) is 23.2. The van der Waals surface area contributed by atoms with E-state index in [2.05, 4.69) is 21.2 Å². The van der Waals surface area contributed by atoms with Crippen LogP contribution in [0.5, 0.6) is 11.5 Å². The SMILES string of the molecule is COc1ccc(Br)c(CNc2cc(C(=O)O)ccc2Cl)c1OCc1c(F)cccc1Cl. The summed E-state index contributed by atoms with van der Waals surface area (Å²) in [5, 5.41) is 12.9. The fourth-order valence-electron chi connectivity index (χ4n) is 2.86. The summed E-state index contributed by atoms with van der Waals surface area (Å²) in [6, 6.07) is 12.3. The second-order valence-corrected chi connectivity index (χ2v) is 8.07. The van der Waals surface area contributed by atoms with Gasteiger partial charge in [0, 0.05) is 22.1 Å². The molecule has 162 valence electrons. The van der Waals surface area contributed by atoms with Crippen LogP contribution in [-0.4, -0.2) is 18.2 Å². The van der Waals surface area contributed by atoms with Crippen LogP contribution in [0.15, 0.2) is 53.0 Å². The summed E-state index contributed by atoms with van der Waals surface area (Å²) in [4.78, 5) is 11.2. The van der Waals surface area contributed by atoms with Crippen molar-refractivity contribution in [3.63, 3.8) is 0 Å². The molecule has 0 aliphatic heterocycles. The van der Waals surface area contributed by atoms with Gasteiger partial charge in [0.15, 0.2) is 11.5 Å². The second kappa shape index (κ2) is 10.2. The average Bonchev–Trinajstić information content (AvgIpc) is 2.73. The zero-order valence-corrected chi connectivity index (χ0v) is 19.3. The lowest BCUT2D eigenvalue weighted by atomic mass is 10.1. The number of methoxy groups -OCH3 is 1. The van der Waals surface area contributed by atoms with Gasteiger partial charge >= 0.3 is 5.97 Å². The maximum Gasteiger partial charge on any atom is 0.335 e. The van der Waals surface area contributed by atoms with Crippen LogP contribution in [-0.2, 0) is 13.2 Å². The van der Waals surface area contributed by atoms with Gasteiger partial charge in [0.1, 0.15) is 12.4 Å². The standard InChI is InChI=1S/C22H17BrCl2FNO4/c1-30-20-8-6-15(23)13(10-27-19-9-12(22(28)29)5-7-17(19)25)21(20)31-11-14-16(24)3-2-4-18(14)26/h2-9,27H,10-11H2,1H3,(H,28,29). The number of rotatable bonds is 8. The topological polar surface area (TPSA) is 67.8 Å². The summed E-state index contributed by atoms with van der Waals surface area (Å²) < 4.78 is 26.2. The molecule has 0 saturated carbocycles. The Labute approximate surface area is 196 Å². The van der Waals surface area contributed by atoms with E-state index in [0.29, 0.717) is 32.2 Å². The molecule has 3 rings (SSSR count). The minimum Gasteiger partial charge on any atom is -0.493 e. The van der Waals surface area contributed by atoms with Crippen molar-refractivity contribution in [1.29, 1.82) is 0 Å². The number of benzene rings is 3. The van der Waals surface area contributed by atoms with E-state index in [1.807, 2.05) is 0 Å². The number of carboxylic acids is 1. The number of anilines is 1. The highest BCUT2D eigenvalue weighted by Gasteiger charge is 2.17. The number of hydrogen-bond acceptors (Lipinski definition) is 4. The van der Waals surface area contributed by atoms with Crippen LogP contribution in [0.2, 0.25) is 10.0 Å². The quantitative estimate of drug-likeness (QED) is 0.337. The summed E-state index contributed by atoms with van der Waals surface area (Å²) in [6.07, 6.45) is 0. The van der Waals surface area contributed by atoms with E-state index in [-0.39, 0.29) is 29.3 Å². The van der Waals surface area contributed by atoms with Gasteiger partial charge in [0.25, 0.3) is 0 Å². The molecular formula is C22H17BrCl2FNO4. The second-order valence-electron chi connectivity index (χ2n) is 6.40. The highest BCUT2D eigenvalue weighted by atomic mass is 79.9. The van der Waals surface area contributed by atoms with Gasteiger partial charge < -0.3 is 19.9 Å². The molecule has 0 amide bonds. The van der Waals surface area contributed by atoms with Crippen LogP contribution in [0.4, 0.5) is 10.1 Å². The van der Waals surface area contributed by atoms with Gasteiger partial charge in [-0.2, -0.15) is 0 Å². The van der Waals surface area contributed by atoms with Crippen molar-refractivity contribution >= 4 is 50.8 Å². The molecule has 31 heavy (non-hydrogen) atoms. The number of ether oxygens (including phenoxy) is 2. The first-order valence-corrected chi connectivity index (χ1v) is 10.5. The average molecular weight is 529 g/mol. The molecule has 5 nitrogen and oxygen atoms in total. The molecule has 0 saturated heterocycles. The number of carbonyl (C=O) groups is 1. The van der Waals surface area contributed by atoms with Crippen molar-refractivity contribution in [2.75, 3.05) is 12.4 Å². The number of halogens is 4. The molecule has 3 aromatic rings. The third-order valence-corrected chi connectivity index (χ3v) is 5.91. The molecule has 0 bridgehead atoms. The molecule has 0 aliphatic rings. The smallest absolute Gasteiger partial charge is 0.335 e. The van der Waals surface area contributed by atoms with E-state index in [1.54, 1.807) is 18.2 Å². The van der Waals surface area contributed by atoms with E-state index in [0.717, 1.165) is 0 Å². The van der Waals surface area contributed by atoms with E-state index in [1.165, 1.54) is 37.4 Å². The highest BCUT2D eigenvalue weighted by molar-refractivity contribution is 9.10. The normalized spacial score (nSPS) is 10.6. The van der Waals surface area contributed by atoms with Crippen molar-refractivity contribution in [2.24, 2.45) is 0 Å². The summed E-state index contributed by atoms with van der Waals surface area (Å²) in [7, 11) is 1.50. The largest absolute Gasteiger partial charge is 0.493 e. The molecule has 2 N–H and O–H groups in total. The zero-order valence-electron chi connectivity index (χ0n) is 16.2. The van der Waals surface area contributed by atoms with Gasteiger partial charge in [-0.15, -0.1) is 0 Å². The Kier molecular flexibility index (Phi) is 7.64. The van der Waals surface area contributed by atoms with Crippen LogP contribution in [0.1, 0.15) is 21.5 Å². The molecule has 0 aliphatic carbocycles. The predicted octanol–water partition coefficient (Wildman–Crippen LogP) is 6.79. The Morgan fingerprint density at radius 2 is 1.90 bits per heavy atom. The van der Waals surface area contributed by atoms with E-state index in [9.17, 15) is 14.3 Å². The lowest BCUT2D eigenvalue weighted by Crippen LogP contribution is -2.08. The van der Waals surface area contributed by atoms with Gasteiger partial charge in [0.2, 0.25) is 0 Å². The van der Waals surface area contributed by atoms with Crippen LogP contribution in [0.3, 0.4) is 0 Å². The fourth-order valence-corrected chi connectivity index (χ4v) is 3.71. The molecule has 0 unspecified atom stereocenters. The Balaban J connectivity index is 1.90. The Morgan fingerprint density at radius 1 is 1.13 bits per heavy atom. The van der Waals surface area contributed by atoms with Gasteiger partial charge in [-0.25, -0.2) is 9.18 Å². The lowest BCUT2D eigenvalue weighted by Gasteiger charge is -2.18. The summed E-state index contributed by atoms with van der Waals surface area (Å²) in [5.74, 6) is -0.710. The van der Waals surface area contributed by atoms with Gasteiger partial charge in [-0.05, 0) is 42.5 Å².